The van der Waals surface area contributed by atoms with Crippen LogP contribution in [0.2, 0.25) is 0 Å². The fraction of sp³-hybridized carbons (Fsp3) is 0.625. The second kappa shape index (κ2) is 6.49. The molecular weight excluding hydrogens is 128 g/mol. The van der Waals surface area contributed by atoms with Gasteiger partial charge in [0.05, 0.1) is 0 Å². The second-order valence-electron chi connectivity index (χ2n) is 2.12. The van der Waals surface area contributed by atoms with Crippen molar-refractivity contribution < 1.29 is 9.90 Å². The Bertz CT molecular complexity index is 116. The summed E-state index contributed by atoms with van der Waals surface area (Å²) in [5, 5.41) is 8.32. The summed E-state index contributed by atoms with van der Waals surface area (Å²) in [4.78, 5) is 10.5. The van der Waals surface area contributed by atoms with Crippen LogP contribution in [-0.4, -0.2) is 17.5 Å². The highest BCUT2D eigenvalue weighted by Gasteiger charge is 1.94. The van der Waals surface area contributed by atoms with Gasteiger partial charge in [-0.3, -0.25) is 4.79 Å². The average molecular weight is 142 g/mol. The van der Waals surface area contributed by atoms with E-state index >= 15 is 0 Å². The smallest absolute Gasteiger partial charge is 0.158 e. The fourth-order valence-electron chi connectivity index (χ4n) is 0.608. The molecule has 0 saturated carbocycles. The topological polar surface area (TPSA) is 37.3 Å². The first-order chi connectivity index (χ1) is 4.81. The van der Waals surface area contributed by atoms with Crippen molar-refractivity contribution in [3.63, 3.8) is 0 Å². The number of Topliss-reactive ketones (excluding diaryl/α,β-unsaturated/α-hetero) is 1. The molecule has 0 unspecified atom stereocenters. The maximum absolute atomic E-state index is 10.5. The van der Waals surface area contributed by atoms with Crippen LogP contribution in [0, 0.1) is 0 Å². The Kier molecular flexibility index (Phi) is 6.08. The number of aliphatic hydroxyl groups is 1. The summed E-state index contributed by atoms with van der Waals surface area (Å²) in [6.07, 6.45) is 6.21. The van der Waals surface area contributed by atoms with Gasteiger partial charge in [0.1, 0.15) is 6.61 Å². The van der Waals surface area contributed by atoms with Gasteiger partial charge in [-0.25, -0.2) is 0 Å². The van der Waals surface area contributed by atoms with Gasteiger partial charge in [-0.2, -0.15) is 0 Å². The first-order valence-corrected chi connectivity index (χ1v) is 3.58. The van der Waals surface area contributed by atoms with Gasteiger partial charge in [0.2, 0.25) is 0 Å². The molecule has 0 aromatic rings. The molecule has 58 valence electrons. The summed E-state index contributed by atoms with van der Waals surface area (Å²) in [6.45, 7) is 1.73. The minimum atomic E-state index is -0.319. The molecule has 0 amide bonds. The molecule has 0 radical (unpaired) electrons. The molecule has 0 heterocycles. The predicted octanol–water partition coefficient (Wildman–Crippen LogP) is 1.29. The number of ketones is 1. The van der Waals surface area contributed by atoms with Gasteiger partial charge in [0, 0.05) is 6.42 Å². The van der Waals surface area contributed by atoms with Crippen LogP contribution in [0.25, 0.3) is 0 Å². The normalized spacial score (nSPS) is 10.6. The zero-order chi connectivity index (χ0) is 7.82. The molecule has 0 saturated heterocycles. The number of hydrogen-bond donors (Lipinski definition) is 1. The second-order valence-corrected chi connectivity index (χ2v) is 2.12. The predicted molar refractivity (Wildman–Crippen MR) is 40.8 cm³/mol. The van der Waals surface area contributed by atoms with Crippen LogP contribution in [0.1, 0.15) is 26.2 Å². The molecule has 2 nitrogen and oxygen atoms in total. The van der Waals surface area contributed by atoms with E-state index in [1.807, 2.05) is 19.1 Å². The maximum atomic E-state index is 10.5. The molecule has 0 spiro atoms. The molecule has 1 N–H and O–H groups in total. The van der Waals surface area contributed by atoms with E-state index in [1.54, 1.807) is 0 Å². The van der Waals surface area contributed by atoms with Gasteiger partial charge in [-0.1, -0.05) is 19.1 Å². The van der Waals surface area contributed by atoms with Gasteiger partial charge in [0.15, 0.2) is 5.78 Å². The standard InChI is InChI=1S/C8H14O2/c1-2-3-4-5-6-8(10)7-9/h3-4,9H,2,5-7H2,1H3. The summed E-state index contributed by atoms with van der Waals surface area (Å²) in [5.74, 6) is -0.0826. The minimum absolute atomic E-state index is 0.0826. The van der Waals surface area contributed by atoms with Crippen molar-refractivity contribution in [1.29, 1.82) is 0 Å². The third kappa shape index (κ3) is 5.51. The van der Waals surface area contributed by atoms with Crippen LogP contribution in [0.4, 0.5) is 0 Å². The zero-order valence-corrected chi connectivity index (χ0v) is 6.34. The first-order valence-electron chi connectivity index (χ1n) is 3.58. The van der Waals surface area contributed by atoms with Crippen molar-refractivity contribution in [3.8, 4) is 0 Å². The molecule has 0 aliphatic rings. The molecule has 0 rings (SSSR count). The van der Waals surface area contributed by atoms with Crippen LogP contribution < -0.4 is 0 Å². The van der Waals surface area contributed by atoms with Crippen molar-refractivity contribution in [2.24, 2.45) is 0 Å². The van der Waals surface area contributed by atoms with Gasteiger partial charge < -0.3 is 5.11 Å². The lowest BCUT2D eigenvalue weighted by Gasteiger charge is -1.89. The van der Waals surface area contributed by atoms with Crippen LogP contribution in [0.5, 0.6) is 0 Å². The zero-order valence-electron chi connectivity index (χ0n) is 6.34. The quantitative estimate of drug-likeness (QED) is 0.587. The van der Waals surface area contributed by atoms with Gasteiger partial charge in [-0.05, 0) is 12.8 Å². The summed E-state index contributed by atoms with van der Waals surface area (Å²) in [7, 11) is 0. The van der Waals surface area contributed by atoms with Crippen LogP contribution in [-0.2, 0) is 4.79 Å². The third-order valence-corrected chi connectivity index (χ3v) is 1.17. The fourth-order valence-corrected chi connectivity index (χ4v) is 0.608. The lowest BCUT2D eigenvalue weighted by Crippen LogP contribution is -2.01. The van der Waals surface area contributed by atoms with Crippen LogP contribution in [0.3, 0.4) is 0 Å². The number of aliphatic hydroxyl groups excluding tert-OH is 1. The lowest BCUT2D eigenvalue weighted by molar-refractivity contribution is -0.121. The number of hydrogen-bond acceptors (Lipinski definition) is 2. The summed E-state index contributed by atoms with van der Waals surface area (Å²) >= 11 is 0. The lowest BCUT2D eigenvalue weighted by atomic mass is 10.2. The van der Waals surface area contributed by atoms with E-state index in [9.17, 15) is 4.79 Å². The van der Waals surface area contributed by atoms with Crippen LogP contribution >= 0.6 is 0 Å². The van der Waals surface area contributed by atoms with Crippen molar-refractivity contribution in [1.82, 2.24) is 0 Å². The largest absolute Gasteiger partial charge is 0.389 e. The van der Waals surface area contributed by atoms with Crippen molar-refractivity contribution in [2.45, 2.75) is 26.2 Å². The molecule has 10 heavy (non-hydrogen) atoms. The van der Waals surface area contributed by atoms with Crippen molar-refractivity contribution >= 4 is 5.78 Å². The number of carbonyl (C=O) groups is 1. The molecular formula is C8H14O2. The Morgan fingerprint density at radius 3 is 2.70 bits per heavy atom. The molecule has 0 fully saturated rings. The van der Waals surface area contributed by atoms with E-state index in [-0.39, 0.29) is 12.4 Å². The van der Waals surface area contributed by atoms with E-state index in [0.717, 1.165) is 12.8 Å². The van der Waals surface area contributed by atoms with E-state index in [4.69, 9.17) is 5.11 Å². The van der Waals surface area contributed by atoms with E-state index in [2.05, 4.69) is 0 Å². The van der Waals surface area contributed by atoms with Crippen molar-refractivity contribution in [2.75, 3.05) is 6.61 Å². The van der Waals surface area contributed by atoms with E-state index in [1.165, 1.54) is 0 Å². The Morgan fingerprint density at radius 2 is 2.20 bits per heavy atom. The third-order valence-electron chi connectivity index (χ3n) is 1.17. The Morgan fingerprint density at radius 1 is 1.50 bits per heavy atom. The highest BCUT2D eigenvalue weighted by molar-refractivity contribution is 5.79. The van der Waals surface area contributed by atoms with Crippen molar-refractivity contribution in [3.05, 3.63) is 12.2 Å². The molecule has 2 heteroatoms. The Labute approximate surface area is 61.6 Å². The Balaban J connectivity index is 3.19. The van der Waals surface area contributed by atoms with Gasteiger partial charge in [0.25, 0.3) is 0 Å². The molecule has 0 aromatic carbocycles. The minimum Gasteiger partial charge on any atom is -0.389 e. The molecule has 0 aliphatic carbocycles. The highest BCUT2D eigenvalue weighted by atomic mass is 16.3. The van der Waals surface area contributed by atoms with E-state index < -0.39 is 0 Å². The highest BCUT2D eigenvalue weighted by Crippen LogP contribution is 1.92. The summed E-state index contributed by atoms with van der Waals surface area (Å²) in [5.41, 5.74) is 0. The van der Waals surface area contributed by atoms with Gasteiger partial charge in [-0.15, -0.1) is 0 Å². The number of carbonyl (C=O) groups excluding carboxylic acids is 1. The maximum Gasteiger partial charge on any atom is 0.158 e. The monoisotopic (exact) mass is 142 g/mol. The van der Waals surface area contributed by atoms with Gasteiger partial charge >= 0.3 is 0 Å². The average Bonchev–Trinajstić information content (AvgIpc) is 1.98. The van der Waals surface area contributed by atoms with E-state index in [0.29, 0.717) is 6.42 Å². The number of rotatable bonds is 5. The molecule has 0 aromatic heterocycles. The SMILES string of the molecule is CCC=CCCC(=O)CO. The van der Waals surface area contributed by atoms with Crippen LogP contribution in [0.15, 0.2) is 12.2 Å². The Hall–Kier alpha value is -0.630. The molecule has 0 bridgehead atoms. The molecule has 0 atom stereocenters. The number of allylic oxidation sites excluding steroid dienone is 2. The summed E-state index contributed by atoms with van der Waals surface area (Å²) in [6, 6.07) is 0. The summed E-state index contributed by atoms with van der Waals surface area (Å²) < 4.78 is 0. The first kappa shape index (κ1) is 9.37. The molecule has 0 aliphatic heterocycles.